The van der Waals surface area contributed by atoms with Crippen LogP contribution in [0.3, 0.4) is 0 Å². The van der Waals surface area contributed by atoms with Crippen molar-refractivity contribution in [2.75, 3.05) is 0 Å². The predicted molar refractivity (Wildman–Crippen MR) is 97.9 cm³/mol. The molecule has 0 spiro atoms. The first-order valence-corrected chi connectivity index (χ1v) is 7.89. The van der Waals surface area contributed by atoms with Gasteiger partial charge in [-0.05, 0) is 23.1 Å². The third kappa shape index (κ3) is 2.55. The van der Waals surface area contributed by atoms with E-state index >= 15 is 0 Å². The zero-order chi connectivity index (χ0) is 17.4. The van der Waals surface area contributed by atoms with Crippen molar-refractivity contribution < 1.29 is 4.92 Å². The van der Waals surface area contributed by atoms with Crippen LogP contribution in [0.5, 0.6) is 0 Å². The number of aromatic nitrogens is 1. The second-order valence-corrected chi connectivity index (χ2v) is 5.88. The molecule has 0 N–H and O–H groups in total. The van der Waals surface area contributed by atoms with Crippen LogP contribution in [0, 0.1) is 10.1 Å². The van der Waals surface area contributed by atoms with Gasteiger partial charge in [0.05, 0.1) is 17.0 Å². The molecule has 3 aromatic carbocycles. The summed E-state index contributed by atoms with van der Waals surface area (Å²) < 4.78 is 1.72. The fourth-order valence-electron chi connectivity index (χ4n) is 3.16. The van der Waals surface area contributed by atoms with Crippen molar-refractivity contribution in [3.8, 4) is 0 Å². The third-order valence-electron chi connectivity index (χ3n) is 4.38. The minimum atomic E-state index is -0.429. The zero-order valence-corrected chi connectivity index (χ0v) is 13.3. The summed E-state index contributed by atoms with van der Waals surface area (Å²) in [6.07, 6.45) is 0. The SMILES string of the molecule is O=c1c2ccccc2c2ccccc2n1Cc1ccc([N+](=O)[O-])cc1. The Bertz CT molecular complexity index is 1160. The Morgan fingerprint density at radius 1 is 0.800 bits per heavy atom. The van der Waals surface area contributed by atoms with Crippen molar-refractivity contribution in [2.24, 2.45) is 0 Å². The fraction of sp³-hybridized carbons (Fsp3) is 0.0500. The Balaban J connectivity index is 1.92. The van der Waals surface area contributed by atoms with Gasteiger partial charge in [0.15, 0.2) is 0 Å². The number of para-hydroxylation sites is 1. The second kappa shape index (κ2) is 5.87. The van der Waals surface area contributed by atoms with Crippen LogP contribution in [0.25, 0.3) is 21.7 Å². The van der Waals surface area contributed by atoms with Gasteiger partial charge in [0.1, 0.15) is 0 Å². The van der Waals surface area contributed by atoms with Crippen molar-refractivity contribution in [1.29, 1.82) is 0 Å². The van der Waals surface area contributed by atoms with Crippen molar-refractivity contribution in [3.63, 3.8) is 0 Å². The predicted octanol–water partition coefficient (Wildman–Crippen LogP) is 4.11. The summed E-state index contributed by atoms with van der Waals surface area (Å²) >= 11 is 0. The summed E-state index contributed by atoms with van der Waals surface area (Å²) in [4.78, 5) is 23.3. The lowest BCUT2D eigenvalue weighted by molar-refractivity contribution is -0.384. The van der Waals surface area contributed by atoms with Crippen LogP contribution >= 0.6 is 0 Å². The first-order valence-electron chi connectivity index (χ1n) is 7.89. The highest BCUT2D eigenvalue weighted by Gasteiger charge is 2.11. The summed E-state index contributed by atoms with van der Waals surface area (Å²) in [5, 5.41) is 13.4. The van der Waals surface area contributed by atoms with Crippen molar-refractivity contribution >= 4 is 27.4 Å². The molecule has 0 aliphatic heterocycles. The first-order chi connectivity index (χ1) is 12.1. The maximum atomic E-state index is 13.0. The molecule has 5 nitrogen and oxygen atoms in total. The van der Waals surface area contributed by atoms with Gasteiger partial charge in [0.25, 0.3) is 11.2 Å². The Morgan fingerprint density at radius 3 is 2.08 bits per heavy atom. The Morgan fingerprint density at radius 2 is 1.40 bits per heavy atom. The van der Waals surface area contributed by atoms with E-state index in [4.69, 9.17) is 0 Å². The third-order valence-corrected chi connectivity index (χ3v) is 4.38. The highest BCUT2D eigenvalue weighted by Crippen LogP contribution is 2.23. The van der Waals surface area contributed by atoms with Crippen LogP contribution in [0.4, 0.5) is 5.69 Å². The van der Waals surface area contributed by atoms with Gasteiger partial charge in [-0.3, -0.25) is 14.9 Å². The summed E-state index contributed by atoms with van der Waals surface area (Å²) in [5.74, 6) is 0. The Labute approximate surface area is 142 Å². The molecule has 4 rings (SSSR count). The van der Waals surface area contributed by atoms with Crippen LogP contribution < -0.4 is 5.56 Å². The monoisotopic (exact) mass is 330 g/mol. The molecule has 0 aliphatic rings. The molecule has 0 unspecified atom stereocenters. The van der Waals surface area contributed by atoms with E-state index in [0.29, 0.717) is 11.9 Å². The van der Waals surface area contributed by atoms with E-state index in [-0.39, 0.29) is 11.2 Å². The van der Waals surface area contributed by atoms with E-state index in [0.717, 1.165) is 21.9 Å². The van der Waals surface area contributed by atoms with Crippen LogP contribution in [0.1, 0.15) is 5.56 Å². The van der Waals surface area contributed by atoms with Crippen LogP contribution in [-0.4, -0.2) is 9.49 Å². The molecule has 1 aromatic heterocycles. The maximum absolute atomic E-state index is 13.0. The summed E-state index contributed by atoms with van der Waals surface area (Å²) in [5.41, 5.74) is 1.67. The van der Waals surface area contributed by atoms with E-state index in [2.05, 4.69) is 0 Å². The number of benzene rings is 3. The largest absolute Gasteiger partial charge is 0.303 e. The van der Waals surface area contributed by atoms with Crippen LogP contribution in [0.15, 0.2) is 77.6 Å². The molecule has 25 heavy (non-hydrogen) atoms. The zero-order valence-electron chi connectivity index (χ0n) is 13.3. The molecular weight excluding hydrogens is 316 g/mol. The van der Waals surface area contributed by atoms with Crippen molar-refractivity contribution in [1.82, 2.24) is 4.57 Å². The van der Waals surface area contributed by atoms with Gasteiger partial charge >= 0.3 is 0 Å². The van der Waals surface area contributed by atoms with Crippen LogP contribution in [0.2, 0.25) is 0 Å². The smallest absolute Gasteiger partial charge is 0.269 e. The molecular formula is C20H14N2O3. The number of nitrogens with zero attached hydrogens (tertiary/aromatic N) is 2. The number of fused-ring (bicyclic) bond motifs is 3. The molecule has 0 fully saturated rings. The lowest BCUT2D eigenvalue weighted by Gasteiger charge is -2.13. The molecule has 4 aromatic rings. The number of non-ortho nitro benzene ring substituents is 1. The molecule has 0 saturated carbocycles. The van der Waals surface area contributed by atoms with Crippen LogP contribution in [-0.2, 0) is 6.54 Å². The number of nitro benzene ring substituents is 1. The summed E-state index contributed by atoms with van der Waals surface area (Å²) in [6.45, 7) is 0.363. The molecule has 1 heterocycles. The number of hydrogen-bond acceptors (Lipinski definition) is 3. The lowest BCUT2D eigenvalue weighted by Crippen LogP contribution is -2.21. The maximum Gasteiger partial charge on any atom is 0.269 e. The lowest BCUT2D eigenvalue weighted by atomic mass is 10.1. The van der Waals surface area contributed by atoms with Gasteiger partial charge < -0.3 is 4.57 Å². The quantitative estimate of drug-likeness (QED) is 0.322. The van der Waals surface area contributed by atoms with E-state index in [9.17, 15) is 14.9 Å². The number of pyridine rings is 1. The molecule has 0 amide bonds. The molecule has 0 saturated heterocycles. The van der Waals surface area contributed by atoms with Gasteiger partial charge in [-0.2, -0.15) is 0 Å². The van der Waals surface area contributed by atoms with E-state index in [1.807, 2.05) is 48.5 Å². The normalized spacial score (nSPS) is 11.0. The molecule has 0 radical (unpaired) electrons. The van der Waals surface area contributed by atoms with Gasteiger partial charge in [0, 0.05) is 22.9 Å². The standard InChI is InChI=1S/C20H14N2O3/c23-20-18-7-2-1-5-16(18)17-6-3-4-8-19(17)21(20)13-14-9-11-15(12-10-14)22(24)25/h1-12H,13H2. The van der Waals surface area contributed by atoms with E-state index in [1.165, 1.54) is 12.1 Å². The molecule has 5 heteroatoms. The first kappa shape index (κ1) is 15.1. The molecule has 0 bridgehead atoms. The van der Waals surface area contributed by atoms with Gasteiger partial charge in [-0.1, -0.05) is 48.5 Å². The second-order valence-electron chi connectivity index (χ2n) is 5.88. The van der Waals surface area contributed by atoms with E-state index in [1.54, 1.807) is 16.7 Å². The number of hydrogen-bond donors (Lipinski definition) is 0. The molecule has 122 valence electrons. The molecule has 0 aliphatic carbocycles. The van der Waals surface area contributed by atoms with Crippen molar-refractivity contribution in [3.05, 3.63) is 98.8 Å². The summed E-state index contributed by atoms with van der Waals surface area (Å²) in [6, 6.07) is 21.7. The summed E-state index contributed by atoms with van der Waals surface area (Å²) in [7, 11) is 0. The fourth-order valence-corrected chi connectivity index (χ4v) is 3.16. The van der Waals surface area contributed by atoms with Gasteiger partial charge in [-0.25, -0.2) is 0 Å². The van der Waals surface area contributed by atoms with E-state index < -0.39 is 4.92 Å². The van der Waals surface area contributed by atoms with Gasteiger partial charge in [-0.15, -0.1) is 0 Å². The highest BCUT2D eigenvalue weighted by molar-refractivity contribution is 6.05. The average molecular weight is 330 g/mol. The van der Waals surface area contributed by atoms with Crippen molar-refractivity contribution in [2.45, 2.75) is 6.54 Å². The minimum absolute atomic E-state index is 0.0412. The number of rotatable bonds is 3. The minimum Gasteiger partial charge on any atom is -0.303 e. The Kier molecular flexibility index (Phi) is 3.54. The average Bonchev–Trinajstić information content (AvgIpc) is 2.65. The topological polar surface area (TPSA) is 65.1 Å². The number of nitro groups is 1. The molecule has 0 atom stereocenters. The van der Waals surface area contributed by atoms with Gasteiger partial charge in [0.2, 0.25) is 0 Å². The highest BCUT2D eigenvalue weighted by atomic mass is 16.6. The Hall–Kier alpha value is -3.47.